The zero-order valence-electron chi connectivity index (χ0n) is 18.6. The molecule has 35 heavy (non-hydrogen) atoms. The molecule has 186 valence electrons. The van der Waals surface area contributed by atoms with Crippen molar-refractivity contribution in [2.24, 2.45) is 5.73 Å². The first kappa shape index (κ1) is 26.0. The van der Waals surface area contributed by atoms with E-state index in [1.807, 2.05) is 6.92 Å². The summed E-state index contributed by atoms with van der Waals surface area (Å²) in [6.45, 7) is 2.93. The van der Waals surface area contributed by atoms with Gasteiger partial charge in [-0.1, -0.05) is 13.0 Å². The first-order chi connectivity index (χ1) is 16.5. The second-order valence-electron chi connectivity index (χ2n) is 7.57. The Balaban J connectivity index is 2.00. The van der Waals surface area contributed by atoms with Gasteiger partial charge >= 0.3 is 12.4 Å². The van der Waals surface area contributed by atoms with Gasteiger partial charge in [0.1, 0.15) is 0 Å². The quantitative estimate of drug-likeness (QED) is 0.264. The highest BCUT2D eigenvalue weighted by Crippen LogP contribution is 2.32. The van der Waals surface area contributed by atoms with Crippen LogP contribution in [0.1, 0.15) is 23.9 Å². The average Bonchev–Trinajstić information content (AvgIpc) is 2.79. The van der Waals surface area contributed by atoms with E-state index in [0.717, 1.165) is 30.5 Å². The van der Waals surface area contributed by atoms with Gasteiger partial charge in [-0.15, -0.1) is 0 Å². The summed E-state index contributed by atoms with van der Waals surface area (Å²) in [5, 5.41) is 6.69. The molecule has 5 nitrogen and oxygen atoms in total. The van der Waals surface area contributed by atoms with Gasteiger partial charge in [0.15, 0.2) is 5.65 Å². The Morgan fingerprint density at radius 2 is 1.66 bits per heavy atom. The number of allylic oxidation sites excluding steroid dienone is 3. The molecule has 0 unspecified atom stereocenters. The molecule has 0 fully saturated rings. The van der Waals surface area contributed by atoms with Gasteiger partial charge in [0.2, 0.25) is 0 Å². The summed E-state index contributed by atoms with van der Waals surface area (Å²) >= 11 is 0. The zero-order chi connectivity index (χ0) is 25.6. The lowest BCUT2D eigenvalue weighted by molar-refractivity contribution is -0.137. The van der Waals surface area contributed by atoms with E-state index < -0.39 is 29.9 Å². The molecule has 0 amide bonds. The van der Waals surface area contributed by atoms with Crippen LogP contribution in [0.2, 0.25) is 0 Å². The van der Waals surface area contributed by atoms with E-state index in [9.17, 15) is 26.3 Å². The van der Waals surface area contributed by atoms with Crippen LogP contribution >= 0.6 is 0 Å². The number of fused-ring (bicyclic) bond motifs is 1. The van der Waals surface area contributed by atoms with E-state index >= 15 is 0 Å². The molecule has 0 bridgehead atoms. The summed E-state index contributed by atoms with van der Waals surface area (Å²) < 4.78 is 78.7. The molecule has 0 aliphatic rings. The Kier molecular flexibility index (Phi) is 8.00. The second kappa shape index (κ2) is 10.8. The van der Waals surface area contributed by atoms with Gasteiger partial charge in [-0.25, -0.2) is 9.97 Å². The number of nitrogens with zero attached hydrogens (tertiary/aromatic N) is 2. The number of rotatable bonds is 8. The van der Waals surface area contributed by atoms with E-state index in [1.165, 1.54) is 18.2 Å². The highest BCUT2D eigenvalue weighted by atomic mass is 19.4. The standard InChI is InChI=1S/C24H23F6N5/c1-2-32-14-19-13-21(33-17-7-5-15(6-8-17)23(25,26)27)20-10-9-18(34-22(20)35-19)12-16(4-3-11-31)24(28,29)30/h3-11,13,32H,2,12,14,31H2,1H3,(H,33,34,35)/b11-3-,16-4+. The number of nitrogens with one attached hydrogen (secondary N) is 2. The molecule has 0 aliphatic heterocycles. The van der Waals surface area contributed by atoms with E-state index in [0.29, 0.717) is 35.5 Å². The number of pyridine rings is 2. The van der Waals surface area contributed by atoms with Crippen molar-refractivity contribution >= 4 is 22.4 Å². The van der Waals surface area contributed by atoms with Crippen molar-refractivity contribution in [3.05, 3.63) is 83.3 Å². The Morgan fingerprint density at radius 1 is 0.971 bits per heavy atom. The minimum atomic E-state index is -4.56. The Labute approximate surface area is 197 Å². The Bertz CT molecular complexity index is 1210. The van der Waals surface area contributed by atoms with Gasteiger partial charge in [0.25, 0.3) is 0 Å². The molecule has 0 aliphatic carbocycles. The molecule has 11 heteroatoms. The molecule has 0 radical (unpaired) electrons. The van der Waals surface area contributed by atoms with Gasteiger partial charge in [-0.2, -0.15) is 26.3 Å². The molecule has 0 saturated heterocycles. The molecule has 4 N–H and O–H groups in total. The maximum absolute atomic E-state index is 13.4. The molecule has 3 rings (SSSR count). The van der Waals surface area contributed by atoms with Crippen molar-refractivity contribution in [1.82, 2.24) is 15.3 Å². The normalized spacial score (nSPS) is 13.1. The molecule has 2 heterocycles. The predicted octanol–water partition coefficient (Wildman–Crippen LogP) is 6.01. The zero-order valence-corrected chi connectivity index (χ0v) is 18.6. The van der Waals surface area contributed by atoms with Crippen LogP contribution in [0, 0.1) is 0 Å². The number of benzene rings is 1. The number of hydrogen-bond acceptors (Lipinski definition) is 5. The first-order valence-corrected chi connectivity index (χ1v) is 10.6. The molecule has 1 aromatic carbocycles. The van der Waals surface area contributed by atoms with E-state index in [1.54, 1.807) is 12.1 Å². The number of halogens is 6. The lowest BCUT2D eigenvalue weighted by Crippen LogP contribution is -2.15. The summed E-state index contributed by atoms with van der Waals surface area (Å²) in [7, 11) is 0. The van der Waals surface area contributed by atoms with Crippen molar-refractivity contribution in [2.45, 2.75) is 32.2 Å². The SMILES string of the molecule is CCNCc1cc(Nc2ccc(C(F)(F)F)cc2)c2ccc(C/C(=C\C=C/N)C(F)(F)F)nc2n1. The van der Waals surface area contributed by atoms with Crippen molar-refractivity contribution in [1.29, 1.82) is 0 Å². The number of nitrogens with two attached hydrogens (primary N) is 1. The maximum Gasteiger partial charge on any atom is 0.416 e. The van der Waals surface area contributed by atoms with Gasteiger partial charge in [-0.05, 0) is 61.3 Å². The summed E-state index contributed by atoms with van der Waals surface area (Å²) in [6, 6.07) is 9.28. The summed E-state index contributed by atoms with van der Waals surface area (Å²) in [6.07, 6.45) is -6.50. The van der Waals surface area contributed by atoms with Crippen molar-refractivity contribution in [3.8, 4) is 0 Å². The fourth-order valence-corrected chi connectivity index (χ4v) is 3.26. The number of anilines is 2. The molecule has 3 aromatic rings. The van der Waals surface area contributed by atoms with Crippen LogP contribution in [0.5, 0.6) is 0 Å². The van der Waals surface area contributed by atoms with Crippen LogP contribution in [0.25, 0.3) is 11.0 Å². The van der Waals surface area contributed by atoms with Crippen molar-refractivity contribution < 1.29 is 26.3 Å². The fourth-order valence-electron chi connectivity index (χ4n) is 3.26. The highest BCUT2D eigenvalue weighted by molar-refractivity contribution is 5.91. The third-order valence-electron chi connectivity index (χ3n) is 4.97. The average molecular weight is 495 g/mol. The molecular formula is C24H23F6N5. The van der Waals surface area contributed by atoms with Gasteiger partial charge in [0, 0.05) is 35.3 Å². The number of hydrogen-bond donors (Lipinski definition) is 3. The van der Waals surface area contributed by atoms with E-state index in [4.69, 9.17) is 5.73 Å². The van der Waals surface area contributed by atoms with Gasteiger partial charge in [-0.3, -0.25) is 0 Å². The Hall–Kier alpha value is -3.60. The monoisotopic (exact) mass is 495 g/mol. The summed E-state index contributed by atoms with van der Waals surface area (Å²) in [5.74, 6) is 0. The van der Waals surface area contributed by atoms with Crippen LogP contribution in [0.3, 0.4) is 0 Å². The third-order valence-corrected chi connectivity index (χ3v) is 4.97. The van der Waals surface area contributed by atoms with Crippen LogP contribution < -0.4 is 16.4 Å². The number of alkyl halides is 6. The largest absolute Gasteiger partial charge is 0.416 e. The van der Waals surface area contributed by atoms with Crippen LogP contribution in [-0.2, 0) is 19.1 Å². The van der Waals surface area contributed by atoms with E-state index in [2.05, 4.69) is 20.6 Å². The smallest absolute Gasteiger partial charge is 0.405 e. The Morgan fingerprint density at radius 3 is 2.26 bits per heavy atom. The molecule has 0 atom stereocenters. The number of aromatic nitrogens is 2. The lowest BCUT2D eigenvalue weighted by atomic mass is 10.1. The molecular weight excluding hydrogens is 472 g/mol. The van der Waals surface area contributed by atoms with Crippen LogP contribution in [0.4, 0.5) is 37.7 Å². The van der Waals surface area contributed by atoms with Crippen molar-refractivity contribution in [3.63, 3.8) is 0 Å². The van der Waals surface area contributed by atoms with Crippen LogP contribution in [-0.4, -0.2) is 22.7 Å². The molecule has 0 saturated carbocycles. The molecule has 2 aromatic heterocycles. The highest BCUT2D eigenvalue weighted by Gasteiger charge is 2.33. The summed E-state index contributed by atoms with van der Waals surface area (Å²) in [5.41, 5.74) is 5.41. The first-order valence-electron chi connectivity index (χ1n) is 10.6. The minimum absolute atomic E-state index is 0.153. The third kappa shape index (κ3) is 6.95. The topological polar surface area (TPSA) is 75.9 Å². The van der Waals surface area contributed by atoms with Gasteiger partial charge in [0.05, 0.1) is 16.9 Å². The van der Waals surface area contributed by atoms with Crippen LogP contribution in [0.15, 0.2) is 66.4 Å². The summed E-state index contributed by atoms with van der Waals surface area (Å²) in [4.78, 5) is 8.79. The maximum atomic E-state index is 13.4. The fraction of sp³-hybridized carbons (Fsp3) is 0.250. The second-order valence-corrected chi connectivity index (χ2v) is 7.57. The predicted molar refractivity (Wildman–Crippen MR) is 123 cm³/mol. The minimum Gasteiger partial charge on any atom is -0.405 e. The lowest BCUT2D eigenvalue weighted by Gasteiger charge is -2.15. The van der Waals surface area contributed by atoms with Gasteiger partial charge < -0.3 is 16.4 Å². The van der Waals surface area contributed by atoms with Crippen molar-refractivity contribution in [2.75, 3.05) is 11.9 Å². The van der Waals surface area contributed by atoms with E-state index in [-0.39, 0.29) is 11.3 Å². The molecule has 0 spiro atoms.